The maximum atomic E-state index is 14.2. The van der Waals surface area contributed by atoms with Crippen LogP contribution >= 0.6 is 0 Å². The van der Waals surface area contributed by atoms with Crippen molar-refractivity contribution in [3.05, 3.63) is 71.7 Å². The zero-order valence-electron chi connectivity index (χ0n) is 15.0. The van der Waals surface area contributed by atoms with Crippen LogP contribution in [0.4, 0.5) is 4.39 Å². The molecule has 0 N–H and O–H groups in total. The highest BCUT2D eigenvalue weighted by Gasteiger charge is 2.25. The summed E-state index contributed by atoms with van der Waals surface area (Å²) in [4.78, 5) is 15.2. The van der Waals surface area contributed by atoms with Crippen molar-refractivity contribution >= 4 is 16.8 Å². The van der Waals surface area contributed by atoms with Gasteiger partial charge in [0.25, 0.3) is 5.91 Å². The first-order valence-corrected chi connectivity index (χ1v) is 9.24. The van der Waals surface area contributed by atoms with Crippen LogP contribution in [0.25, 0.3) is 10.9 Å². The molecule has 2 heterocycles. The fourth-order valence-electron chi connectivity index (χ4n) is 3.89. The van der Waals surface area contributed by atoms with Gasteiger partial charge in [0.15, 0.2) is 0 Å². The van der Waals surface area contributed by atoms with Crippen LogP contribution in [0, 0.1) is 11.7 Å². The monoisotopic (exact) mass is 350 g/mol. The fourth-order valence-corrected chi connectivity index (χ4v) is 3.89. The molecule has 1 amide bonds. The molecule has 0 aliphatic carbocycles. The largest absolute Gasteiger partial charge is 0.337 e. The van der Waals surface area contributed by atoms with Crippen LogP contribution in [-0.4, -0.2) is 28.5 Å². The Morgan fingerprint density at radius 1 is 1.15 bits per heavy atom. The van der Waals surface area contributed by atoms with Crippen molar-refractivity contribution in [3.63, 3.8) is 0 Å². The zero-order chi connectivity index (χ0) is 18.1. The van der Waals surface area contributed by atoms with E-state index in [0.717, 1.165) is 30.4 Å². The van der Waals surface area contributed by atoms with E-state index in [1.807, 2.05) is 45.9 Å². The molecule has 0 bridgehead atoms. The number of amides is 1. The Bertz CT molecular complexity index is 946. The van der Waals surface area contributed by atoms with E-state index in [1.54, 1.807) is 12.1 Å². The van der Waals surface area contributed by atoms with E-state index >= 15 is 0 Å². The van der Waals surface area contributed by atoms with Gasteiger partial charge >= 0.3 is 0 Å². The normalized spacial score (nSPS) is 17.6. The lowest BCUT2D eigenvalue weighted by Crippen LogP contribution is -2.40. The third-order valence-corrected chi connectivity index (χ3v) is 5.26. The number of piperidine rings is 1. The van der Waals surface area contributed by atoms with Gasteiger partial charge in [0.05, 0.1) is 6.54 Å². The van der Waals surface area contributed by atoms with Gasteiger partial charge in [-0.25, -0.2) is 4.39 Å². The molecule has 1 aliphatic heterocycles. The number of hydrogen-bond acceptors (Lipinski definition) is 1. The number of rotatable bonds is 3. The lowest BCUT2D eigenvalue weighted by molar-refractivity contribution is 0.0673. The molecule has 0 spiro atoms. The third-order valence-electron chi connectivity index (χ3n) is 5.26. The maximum Gasteiger partial charge on any atom is 0.270 e. The number of hydrogen-bond donors (Lipinski definition) is 0. The van der Waals surface area contributed by atoms with Crippen LogP contribution in [0.5, 0.6) is 0 Å². The van der Waals surface area contributed by atoms with Crippen molar-refractivity contribution in [1.82, 2.24) is 9.47 Å². The molecule has 2 aromatic carbocycles. The second-order valence-corrected chi connectivity index (χ2v) is 7.26. The summed E-state index contributed by atoms with van der Waals surface area (Å²) >= 11 is 0. The lowest BCUT2D eigenvalue weighted by atomic mass is 10.00. The third kappa shape index (κ3) is 3.12. The number of fused-ring (bicyclic) bond motifs is 1. The molecule has 1 fully saturated rings. The minimum atomic E-state index is -0.240. The molecule has 1 atom stereocenters. The average Bonchev–Trinajstić information content (AvgIpc) is 3.01. The number of benzene rings is 2. The standard InChI is InChI=1S/C22H23FN2O/c1-16-7-6-12-24(14-16)22(26)21-13-17-8-3-5-11-20(17)25(21)15-18-9-2-4-10-19(18)23/h2-5,8-11,13,16H,6-7,12,14-15H2,1H3. The summed E-state index contributed by atoms with van der Waals surface area (Å²) in [5, 5.41) is 1.01. The highest BCUT2D eigenvalue weighted by atomic mass is 19.1. The molecule has 4 heteroatoms. The first-order valence-electron chi connectivity index (χ1n) is 9.24. The van der Waals surface area contributed by atoms with Gasteiger partial charge in [-0.05, 0) is 37.0 Å². The highest BCUT2D eigenvalue weighted by molar-refractivity contribution is 5.99. The molecule has 1 unspecified atom stereocenters. The molecule has 1 aliphatic rings. The Hall–Kier alpha value is -2.62. The molecule has 3 aromatic rings. The van der Waals surface area contributed by atoms with Gasteiger partial charge in [-0.2, -0.15) is 0 Å². The number of para-hydroxylation sites is 1. The minimum absolute atomic E-state index is 0.0455. The molecule has 1 saturated heterocycles. The molecule has 134 valence electrons. The topological polar surface area (TPSA) is 25.2 Å². The fraction of sp³-hybridized carbons (Fsp3) is 0.318. The van der Waals surface area contributed by atoms with E-state index in [0.29, 0.717) is 23.7 Å². The van der Waals surface area contributed by atoms with Gasteiger partial charge in [-0.15, -0.1) is 0 Å². The Morgan fingerprint density at radius 2 is 1.92 bits per heavy atom. The quantitative estimate of drug-likeness (QED) is 0.672. The predicted molar refractivity (Wildman–Crippen MR) is 102 cm³/mol. The highest BCUT2D eigenvalue weighted by Crippen LogP contribution is 2.25. The number of carbonyl (C=O) groups excluding carboxylic acids is 1. The van der Waals surface area contributed by atoms with E-state index in [4.69, 9.17) is 0 Å². The van der Waals surface area contributed by atoms with E-state index in [9.17, 15) is 9.18 Å². The molecule has 0 saturated carbocycles. The Balaban J connectivity index is 1.76. The van der Waals surface area contributed by atoms with Crippen molar-refractivity contribution in [1.29, 1.82) is 0 Å². The molecule has 1 aromatic heterocycles. The Labute approximate surface area is 153 Å². The average molecular weight is 350 g/mol. The SMILES string of the molecule is CC1CCCN(C(=O)c2cc3ccccc3n2Cc2ccccc2F)C1. The van der Waals surface area contributed by atoms with Crippen LogP contribution in [0.3, 0.4) is 0 Å². The summed E-state index contributed by atoms with van der Waals surface area (Å²) in [6.45, 7) is 4.13. The molecule has 0 radical (unpaired) electrons. The molecule has 4 rings (SSSR count). The smallest absolute Gasteiger partial charge is 0.270 e. The van der Waals surface area contributed by atoms with Crippen molar-refractivity contribution in [3.8, 4) is 0 Å². The van der Waals surface area contributed by atoms with Crippen LogP contribution in [0.1, 0.15) is 35.8 Å². The van der Waals surface area contributed by atoms with Crippen LogP contribution in [0.15, 0.2) is 54.6 Å². The summed E-state index contributed by atoms with van der Waals surface area (Å²) in [5.41, 5.74) is 2.20. The summed E-state index contributed by atoms with van der Waals surface area (Å²) < 4.78 is 16.2. The molecular weight excluding hydrogens is 327 g/mol. The van der Waals surface area contributed by atoms with Crippen LogP contribution in [-0.2, 0) is 6.54 Å². The number of carbonyl (C=O) groups is 1. The Kier molecular flexibility index (Phi) is 4.49. The van der Waals surface area contributed by atoms with Crippen LogP contribution < -0.4 is 0 Å². The van der Waals surface area contributed by atoms with Gasteiger partial charge < -0.3 is 9.47 Å². The molecule has 3 nitrogen and oxygen atoms in total. The molecular formula is C22H23FN2O. The van der Waals surface area contributed by atoms with Gasteiger partial charge in [0.1, 0.15) is 11.5 Å². The van der Waals surface area contributed by atoms with Crippen molar-refractivity contribution in [2.45, 2.75) is 26.3 Å². The summed E-state index contributed by atoms with van der Waals surface area (Å²) in [5.74, 6) is 0.330. The second-order valence-electron chi connectivity index (χ2n) is 7.26. The maximum absolute atomic E-state index is 14.2. The first-order chi connectivity index (χ1) is 12.6. The van der Waals surface area contributed by atoms with E-state index in [-0.39, 0.29) is 11.7 Å². The second kappa shape index (κ2) is 6.94. The number of aromatic nitrogens is 1. The zero-order valence-corrected chi connectivity index (χ0v) is 15.0. The predicted octanol–water partition coefficient (Wildman–Crippen LogP) is 4.70. The van der Waals surface area contributed by atoms with Crippen molar-refractivity contribution in [2.75, 3.05) is 13.1 Å². The summed E-state index contributed by atoms with van der Waals surface area (Å²) in [6, 6.07) is 16.6. The van der Waals surface area contributed by atoms with Crippen molar-refractivity contribution in [2.24, 2.45) is 5.92 Å². The molecule has 26 heavy (non-hydrogen) atoms. The van der Waals surface area contributed by atoms with Gasteiger partial charge in [-0.3, -0.25) is 4.79 Å². The van der Waals surface area contributed by atoms with Gasteiger partial charge in [0.2, 0.25) is 0 Å². The minimum Gasteiger partial charge on any atom is -0.337 e. The lowest BCUT2D eigenvalue weighted by Gasteiger charge is -2.31. The van der Waals surface area contributed by atoms with Gasteiger partial charge in [-0.1, -0.05) is 43.3 Å². The van der Waals surface area contributed by atoms with E-state index in [2.05, 4.69) is 6.92 Å². The number of likely N-dealkylation sites (tertiary alicyclic amines) is 1. The van der Waals surface area contributed by atoms with Gasteiger partial charge in [0, 0.05) is 29.6 Å². The number of halogens is 1. The van der Waals surface area contributed by atoms with E-state index in [1.165, 1.54) is 12.5 Å². The summed E-state index contributed by atoms with van der Waals surface area (Å²) in [7, 11) is 0. The van der Waals surface area contributed by atoms with E-state index < -0.39 is 0 Å². The Morgan fingerprint density at radius 3 is 2.73 bits per heavy atom. The summed E-state index contributed by atoms with van der Waals surface area (Å²) in [6.07, 6.45) is 2.21. The first kappa shape index (κ1) is 16.8. The van der Waals surface area contributed by atoms with Crippen molar-refractivity contribution < 1.29 is 9.18 Å². The van der Waals surface area contributed by atoms with Crippen LogP contribution in [0.2, 0.25) is 0 Å². The number of nitrogens with zero attached hydrogens (tertiary/aromatic N) is 2.